The van der Waals surface area contributed by atoms with Gasteiger partial charge in [-0.05, 0) is 31.9 Å². The first-order valence-electron chi connectivity index (χ1n) is 7.35. The lowest BCUT2D eigenvalue weighted by Gasteiger charge is -2.34. The third-order valence-electron chi connectivity index (χ3n) is 3.96. The van der Waals surface area contributed by atoms with Crippen molar-refractivity contribution in [3.63, 3.8) is 0 Å². The van der Waals surface area contributed by atoms with Crippen molar-refractivity contribution in [1.29, 1.82) is 0 Å². The zero-order valence-corrected chi connectivity index (χ0v) is 14.4. The summed E-state index contributed by atoms with van der Waals surface area (Å²) in [5, 5.41) is 7.55. The molecule has 8 heteroatoms. The Morgan fingerprint density at radius 1 is 1.50 bits per heavy atom. The molecule has 0 saturated carbocycles. The number of aryl methyl sites for hydroxylation is 1. The van der Waals surface area contributed by atoms with Crippen molar-refractivity contribution in [3.05, 3.63) is 18.0 Å². The van der Waals surface area contributed by atoms with Gasteiger partial charge in [-0.2, -0.15) is 5.10 Å². The Kier molecular flexibility index (Phi) is 7.62. The van der Waals surface area contributed by atoms with Gasteiger partial charge in [0.25, 0.3) is 0 Å². The molecule has 2 fully saturated rings. The highest BCUT2D eigenvalue weighted by Crippen LogP contribution is 2.13. The summed E-state index contributed by atoms with van der Waals surface area (Å²) in [4.78, 5) is 14.3. The molecule has 2 aliphatic heterocycles. The van der Waals surface area contributed by atoms with Crippen molar-refractivity contribution in [2.75, 3.05) is 26.2 Å². The summed E-state index contributed by atoms with van der Waals surface area (Å²) in [6.45, 7) is 5.66. The number of rotatable bonds is 3. The SMILES string of the molecule is Cc1cnn(CC2CN(C(=O)[C@@H]3CCCN3)CCO2)c1.Cl.Cl. The van der Waals surface area contributed by atoms with Gasteiger partial charge in [-0.15, -0.1) is 24.8 Å². The third kappa shape index (κ3) is 4.59. The average molecular weight is 351 g/mol. The number of hydrogen-bond acceptors (Lipinski definition) is 4. The van der Waals surface area contributed by atoms with Gasteiger partial charge in [0, 0.05) is 19.3 Å². The normalized spacial score (nSPS) is 24.5. The Balaban J connectivity index is 0.00000121. The van der Waals surface area contributed by atoms with Gasteiger partial charge < -0.3 is 15.0 Å². The fourth-order valence-corrected chi connectivity index (χ4v) is 2.92. The number of ether oxygens (including phenoxy) is 1. The van der Waals surface area contributed by atoms with Crippen molar-refractivity contribution in [2.24, 2.45) is 0 Å². The molecule has 1 amide bonds. The van der Waals surface area contributed by atoms with Crippen LogP contribution < -0.4 is 5.32 Å². The summed E-state index contributed by atoms with van der Waals surface area (Å²) in [7, 11) is 0. The molecule has 3 rings (SSSR count). The van der Waals surface area contributed by atoms with Crippen molar-refractivity contribution < 1.29 is 9.53 Å². The molecule has 0 spiro atoms. The van der Waals surface area contributed by atoms with Crippen LogP contribution >= 0.6 is 24.8 Å². The number of halogens is 2. The molecule has 0 radical (unpaired) electrons. The predicted octanol–water partition coefficient (Wildman–Crippen LogP) is 1.01. The maximum atomic E-state index is 12.4. The van der Waals surface area contributed by atoms with Crippen LogP contribution in [0.25, 0.3) is 0 Å². The van der Waals surface area contributed by atoms with Gasteiger partial charge in [0.1, 0.15) is 0 Å². The molecule has 2 aliphatic rings. The summed E-state index contributed by atoms with van der Waals surface area (Å²) in [6, 6.07) is 0.0145. The molecule has 2 atom stereocenters. The minimum absolute atomic E-state index is 0. The molecule has 22 heavy (non-hydrogen) atoms. The van der Waals surface area contributed by atoms with Crippen LogP contribution in [0.2, 0.25) is 0 Å². The van der Waals surface area contributed by atoms with Crippen molar-refractivity contribution in [3.8, 4) is 0 Å². The fraction of sp³-hybridized carbons (Fsp3) is 0.714. The van der Waals surface area contributed by atoms with Crippen LogP contribution in [-0.4, -0.2) is 59.0 Å². The Labute approximate surface area is 143 Å². The number of amides is 1. The summed E-state index contributed by atoms with van der Waals surface area (Å²) in [5.41, 5.74) is 1.14. The highest BCUT2D eigenvalue weighted by Gasteiger charge is 2.30. The lowest BCUT2D eigenvalue weighted by Crippen LogP contribution is -2.52. The minimum Gasteiger partial charge on any atom is -0.373 e. The molecular formula is C14H24Cl2N4O2. The number of hydrogen-bond donors (Lipinski definition) is 1. The van der Waals surface area contributed by atoms with Gasteiger partial charge in [-0.1, -0.05) is 0 Å². The first-order chi connectivity index (χ1) is 9.72. The van der Waals surface area contributed by atoms with Crippen LogP contribution in [0.4, 0.5) is 0 Å². The van der Waals surface area contributed by atoms with Gasteiger partial charge >= 0.3 is 0 Å². The molecule has 126 valence electrons. The van der Waals surface area contributed by atoms with E-state index in [0.717, 1.165) is 24.9 Å². The van der Waals surface area contributed by atoms with E-state index in [0.29, 0.717) is 26.2 Å². The van der Waals surface area contributed by atoms with Crippen LogP contribution in [0, 0.1) is 6.92 Å². The molecule has 2 saturated heterocycles. The molecule has 6 nitrogen and oxygen atoms in total. The number of aromatic nitrogens is 2. The summed E-state index contributed by atoms with van der Waals surface area (Å²) in [6.07, 6.45) is 5.93. The van der Waals surface area contributed by atoms with E-state index < -0.39 is 0 Å². The van der Waals surface area contributed by atoms with Gasteiger partial charge in [0.05, 0.1) is 31.5 Å². The lowest BCUT2D eigenvalue weighted by molar-refractivity contribution is -0.141. The largest absolute Gasteiger partial charge is 0.373 e. The molecule has 1 aromatic rings. The molecule has 1 unspecified atom stereocenters. The van der Waals surface area contributed by atoms with Crippen molar-refractivity contribution in [2.45, 2.75) is 38.5 Å². The number of carbonyl (C=O) groups excluding carboxylic acids is 1. The zero-order valence-electron chi connectivity index (χ0n) is 12.7. The molecule has 0 aromatic carbocycles. The highest BCUT2D eigenvalue weighted by molar-refractivity contribution is 5.85. The smallest absolute Gasteiger partial charge is 0.239 e. The molecule has 1 N–H and O–H groups in total. The Morgan fingerprint density at radius 2 is 2.32 bits per heavy atom. The molecule has 1 aromatic heterocycles. The Hall–Kier alpha value is -0.820. The van der Waals surface area contributed by atoms with Gasteiger partial charge in [0.15, 0.2) is 0 Å². The van der Waals surface area contributed by atoms with E-state index >= 15 is 0 Å². The first-order valence-corrected chi connectivity index (χ1v) is 7.35. The standard InChI is InChI=1S/C14H22N4O2.2ClH/c1-11-7-16-18(8-11)10-12-9-17(5-6-20-12)14(19)13-3-2-4-15-13;;/h7-8,12-13,15H,2-6,9-10H2,1H3;2*1H/t12?,13-;;/m0../s1. The van der Waals surface area contributed by atoms with E-state index in [4.69, 9.17) is 4.74 Å². The number of nitrogens with one attached hydrogen (secondary N) is 1. The summed E-state index contributed by atoms with van der Waals surface area (Å²) >= 11 is 0. The van der Waals surface area contributed by atoms with E-state index in [9.17, 15) is 4.79 Å². The van der Waals surface area contributed by atoms with Crippen LogP contribution in [0.5, 0.6) is 0 Å². The Morgan fingerprint density at radius 3 is 2.95 bits per heavy atom. The fourth-order valence-electron chi connectivity index (χ4n) is 2.92. The van der Waals surface area contributed by atoms with Crippen LogP contribution in [0.15, 0.2) is 12.4 Å². The second kappa shape index (κ2) is 8.72. The third-order valence-corrected chi connectivity index (χ3v) is 3.96. The quantitative estimate of drug-likeness (QED) is 0.883. The average Bonchev–Trinajstić information content (AvgIpc) is 3.10. The summed E-state index contributed by atoms with van der Waals surface area (Å²) < 4.78 is 7.65. The number of carbonyl (C=O) groups is 1. The van der Waals surface area contributed by atoms with E-state index in [2.05, 4.69) is 10.4 Å². The van der Waals surface area contributed by atoms with E-state index in [1.807, 2.05) is 28.9 Å². The van der Waals surface area contributed by atoms with E-state index in [1.165, 1.54) is 0 Å². The van der Waals surface area contributed by atoms with E-state index in [-0.39, 0.29) is 42.9 Å². The van der Waals surface area contributed by atoms with Gasteiger partial charge in [-0.25, -0.2) is 0 Å². The number of morpholine rings is 1. The van der Waals surface area contributed by atoms with E-state index in [1.54, 1.807) is 0 Å². The highest BCUT2D eigenvalue weighted by atomic mass is 35.5. The van der Waals surface area contributed by atoms with Crippen LogP contribution in [-0.2, 0) is 16.1 Å². The molecule has 3 heterocycles. The van der Waals surface area contributed by atoms with Gasteiger partial charge in [-0.3, -0.25) is 9.48 Å². The van der Waals surface area contributed by atoms with Crippen LogP contribution in [0.1, 0.15) is 18.4 Å². The number of nitrogens with zero attached hydrogens (tertiary/aromatic N) is 3. The predicted molar refractivity (Wildman–Crippen MR) is 88.8 cm³/mol. The maximum absolute atomic E-state index is 12.4. The lowest BCUT2D eigenvalue weighted by atomic mass is 10.1. The van der Waals surface area contributed by atoms with Crippen molar-refractivity contribution >= 4 is 30.7 Å². The second-order valence-corrected chi connectivity index (χ2v) is 5.67. The van der Waals surface area contributed by atoms with Crippen LogP contribution in [0.3, 0.4) is 0 Å². The first kappa shape index (κ1) is 19.2. The second-order valence-electron chi connectivity index (χ2n) is 5.67. The minimum atomic E-state index is 0. The molecule has 0 bridgehead atoms. The Bertz CT molecular complexity index is 477. The van der Waals surface area contributed by atoms with Crippen molar-refractivity contribution in [1.82, 2.24) is 20.0 Å². The summed E-state index contributed by atoms with van der Waals surface area (Å²) in [5.74, 6) is 0.229. The van der Waals surface area contributed by atoms with Gasteiger partial charge in [0.2, 0.25) is 5.91 Å². The topological polar surface area (TPSA) is 59.4 Å². The maximum Gasteiger partial charge on any atom is 0.239 e. The monoisotopic (exact) mass is 350 g/mol. The molecule has 0 aliphatic carbocycles. The zero-order chi connectivity index (χ0) is 13.9. The molecular weight excluding hydrogens is 327 g/mol.